The predicted molar refractivity (Wildman–Crippen MR) is 127 cm³/mol. The van der Waals surface area contributed by atoms with Crippen LogP contribution in [0.25, 0.3) is 0 Å². The molecule has 4 amide bonds. The van der Waals surface area contributed by atoms with Crippen molar-refractivity contribution in [3.63, 3.8) is 0 Å². The first-order valence-electron chi connectivity index (χ1n) is 11.9. The molecule has 0 saturated carbocycles. The number of imide groups is 1. The molecule has 2 saturated heterocycles. The number of aromatic nitrogens is 1. The Morgan fingerprint density at radius 3 is 2.61 bits per heavy atom. The van der Waals surface area contributed by atoms with Crippen molar-refractivity contribution in [3.8, 4) is 17.6 Å². The highest BCUT2D eigenvalue weighted by atomic mass is 19.1. The topological polar surface area (TPSA) is 104 Å². The number of hydrogen-bond acceptors (Lipinski definition) is 6. The van der Waals surface area contributed by atoms with Crippen LogP contribution < -0.4 is 15.4 Å². The first-order valence-corrected chi connectivity index (χ1v) is 11.9. The predicted octanol–water partition coefficient (Wildman–Crippen LogP) is 1.80. The molecule has 10 heteroatoms. The molecule has 3 aliphatic rings. The van der Waals surface area contributed by atoms with E-state index in [1.165, 1.54) is 37.3 Å². The van der Waals surface area contributed by atoms with Gasteiger partial charge in [0.15, 0.2) is 11.6 Å². The smallest absolute Gasteiger partial charge is 0.323 e. The number of likely N-dealkylation sites (tertiary alicyclic amines) is 1. The molecule has 1 aromatic heterocycles. The molecule has 1 atom stereocenters. The van der Waals surface area contributed by atoms with Crippen molar-refractivity contribution in [2.75, 3.05) is 26.7 Å². The minimum absolute atomic E-state index is 0.0402. The maximum atomic E-state index is 14.7. The molecule has 0 aliphatic carbocycles. The van der Waals surface area contributed by atoms with Crippen LogP contribution in [0.3, 0.4) is 0 Å². The van der Waals surface area contributed by atoms with Gasteiger partial charge in [-0.1, -0.05) is 24.3 Å². The van der Waals surface area contributed by atoms with Crippen molar-refractivity contribution >= 4 is 17.8 Å². The van der Waals surface area contributed by atoms with E-state index in [0.29, 0.717) is 11.1 Å². The van der Waals surface area contributed by atoms with E-state index in [9.17, 15) is 18.8 Å². The zero-order chi connectivity index (χ0) is 25.3. The number of benzene rings is 1. The fraction of sp³-hybridized carbons (Fsp3) is 0.385. The average Bonchev–Trinajstić information content (AvgIpc) is 3.34. The molecule has 5 rings (SSSR count). The number of nitrogens with zero attached hydrogens (tertiary/aromatic N) is 3. The quantitative estimate of drug-likeness (QED) is 0.489. The number of ether oxygens (including phenoxy) is 1. The first kappa shape index (κ1) is 23.8. The molecule has 4 heterocycles. The molecule has 3 aliphatic heterocycles. The van der Waals surface area contributed by atoms with E-state index in [0.717, 1.165) is 25.3 Å². The minimum Gasteiger partial charge on any atom is -0.494 e. The van der Waals surface area contributed by atoms with Gasteiger partial charge in [-0.25, -0.2) is 9.18 Å². The van der Waals surface area contributed by atoms with Crippen LogP contribution >= 0.6 is 0 Å². The minimum atomic E-state index is -1.68. The van der Waals surface area contributed by atoms with Crippen LogP contribution in [0.4, 0.5) is 9.18 Å². The number of urea groups is 1. The zero-order valence-corrected chi connectivity index (χ0v) is 19.9. The lowest BCUT2D eigenvalue weighted by atomic mass is 9.99. The van der Waals surface area contributed by atoms with Crippen molar-refractivity contribution < 1.29 is 23.5 Å². The Kier molecular flexibility index (Phi) is 6.33. The number of nitrogens with one attached hydrogen (secondary N) is 2. The van der Waals surface area contributed by atoms with E-state index in [2.05, 4.69) is 32.4 Å². The summed E-state index contributed by atoms with van der Waals surface area (Å²) in [5, 5.41) is 4.75. The number of fused-ring (bicyclic) bond motifs is 1. The average molecular weight is 492 g/mol. The third-order valence-corrected chi connectivity index (χ3v) is 6.72. The van der Waals surface area contributed by atoms with E-state index in [1.54, 1.807) is 12.3 Å². The molecule has 0 radical (unpaired) electrons. The van der Waals surface area contributed by atoms with Crippen LogP contribution in [0.2, 0.25) is 0 Å². The van der Waals surface area contributed by atoms with E-state index in [1.807, 2.05) is 12.1 Å². The highest BCUT2D eigenvalue weighted by Gasteiger charge is 2.48. The van der Waals surface area contributed by atoms with Crippen LogP contribution in [0.1, 0.15) is 46.4 Å². The molecule has 2 fully saturated rings. The second-order valence-electron chi connectivity index (χ2n) is 9.22. The summed E-state index contributed by atoms with van der Waals surface area (Å²) in [6.07, 6.45) is 5.30. The zero-order valence-electron chi connectivity index (χ0n) is 19.9. The Morgan fingerprint density at radius 1 is 1.14 bits per heavy atom. The van der Waals surface area contributed by atoms with Gasteiger partial charge in [0.1, 0.15) is 0 Å². The van der Waals surface area contributed by atoms with E-state index in [4.69, 9.17) is 4.74 Å². The molecule has 0 spiro atoms. The fourth-order valence-electron chi connectivity index (χ4n) is 4.82. The number of piperidine rings is 1. The summed E-state index contributed by atoms with van der Waals surface area (Å²) >= 11 is 0. The molecule has 1 unspecified atom stereocenters. The lowest BCUT2D eigenvalue weighted by Gasteiger charge is -2.26. The van der Waals surface area contributed by atoms with Crippen LogP contribution in [-0.4, -0.2) is 64.9 Å². The van der Waals surface area contributed by atoms with Crippen molar-refractivity contribution in [1.29, 1.82) is 0 Å². The molecule has 2 N–H and O–H groups in total. The monoisotopic (exact) mass is 491 g/mol. The van der Waals surface area contributed by atoms with Gasteiger partial charge in [0.05, 0.1) is 24.9 Å². The number of rotatable bonds is 5. The molecule has 36 heavy (non-hydrogen) atoms. The maximum Gasteiger partial charge on any atom is 0.323 e. The molecule has 186 valence electrons. The largest absolute Gasteiger partial charge is 0.494 e. The highest BCUT2D eigenvalue weighted by Crippen LogP contribution is 2.32. The van der Waals surface area contributed by atoms with E-state index in [-0.39, 0.29) is 24.4 Å². The third kappa shape index (κ3) is 4.50. The van der Waals surface area contributed by atoms with Gasteiger partial charge in [-0.3, -0.25) is 24.8 Å². The number of carbonyl (C=O) groups is 3. The Labute approximate surface area is 208 Å². The number of amides is 4. The van der Waals surface area contributed by atoms with Gasteiger partial charge in [-0.05, 0) is 49.7 Å². The number of pyridine rings is 1. The summed E-state index contributed by atoms with van der Waals surface area (Å²) in [5.74, 6) is 3.70. The number of halogens is 1. The van der Waals surface area contributed by atoms with Crippen molar-refractivity contribution in [2.24, 2.45) is 0 Å². The summed E-state index contributed by atoms with van der Waals surface area (Å²) in [5.41, 5.74) is 0.191. The SMILES string of the molecule is COc1ccc2c(c1F)C(=O)N(CC1(C#Cc3ccc(CN4CCCCC4)nc3)NC(=O)NC1=O)C2. The normalized spacial score (nSPS) is 21.5. The third-order valence-electron chi connectivity index (χ3n) is 6.72. The van der Waals surface area contributed by atoms with Crippen molar-refractivity contribution in [3.05, 3.63) is 58.7 Å². The van der Waals surface area contributed by atoms with E-state index >= 15 is 0 Å². The summed E-state index contributed by atoms with van der Waals surface area (Å²) in [4.78, 5) is 46.0. The summed E-state index contributed by atoms with van der Waals surface area (Å²) in [7, 11) is 1.32. The van der Waals surface area contributed by atoms with Gasteiger partial charge in [0, 0.05) is 24.8 Å². The number of methoxy groups -OCH3 is 1. The van der Waals surface area contributed by atoms with Gasteiger partial charge in [-0.15, -0.1) is 0 Å². The lowest BCUT2D eigenvalue weighted by Crippen LogP contribution is -2.54. The molecule has 0 bridgehead atoms. The number of carbonyl (C=O) groups excluding carboxylic acids is 3. The van der Waals surface area contributed by atoms with E-state index < -0.39 is 29.2 Å². The molecular weight excluding hydrogens is 465 g/mol. The van der Waals surface area contributed by atoms with Gasteiger partial charge in [-0.2, -0.15) is 0 Å². The Bertz CT molecular complexity index is 1280. The summed E-state index contributed by atoms with van der Waals surface area (Å²) in [6, 6.07) is 6.07. The lowest BCUT2D eigenvalue weighted by molar-refractivity contribution is -0.122. The Hall–Kier alpha value is -3.97. The van der Waals surface area contributed by atoms with Gasteiger partial charge >= 0.3 is 6.03 Å². The molecular formula is C26H26FN5O4. The summed E-state index contributed by atoms with van der Waals surface area (Å²) in [6.45, 7) is 2.74. The highest BCUT2D eigenvalue weighted by molar-refractivity contribution is 6.10. The molecule has 1 aromatic carbocycles. The van der Waals surface area contributed by atoms with Crippen LogP contribution in [0.5, 0.6) is 5.75 Å². The van der Waals surface area contributed by atoms with Crippen LogP contribution in [0.15, 0.2) is 30.5 Å². The standard InChI is InChI=1S/C26H26FN5O4/c1-36-20-8-6-18-14-32(23(33)21(18)22(20)27)16-26(24(34)29-25(35)30-26)10-9-17-5-7-19(28-13-17)15-31-11-3-2-4-12-31/h5-8,13H,2-4,11-12,14-16H2,1H3,(H2,29,30,34,35). The van der Waals surface area contributed by atoms with Gasteiger partial charge in [0.2, 0.25) is 5.54 Å². The fourth-order valence-corrected chi connectivity index (χ4v) is 4.82. The maximum absolute atomic E-state index is 14.7. The first-order chi connectivity index (χ1) is 17.4. The van der Waals surface area contributed by atoms with Crippen LogP contribution in [-0.2, 0) is 17.9 Å². The van der Waals surface area contributed by atoms with Crippen molar-refractivity contribution in [2.45, 2.75) is 37.9 Å². The molecule has 2 aromatic rings. The summed E-state index contributed by atoms with van der Waals surface area (Å²) < 4.78 is 19.7. The van der Waals surface area contributed by atoms with Gasteiger partial charge < -0.3 is 15.0 Å². The number of hydrogen-bond donors (Lipinski definition) is 2. The van der Waals surface area contributed by atoms with Crippen LogP contribution in [0, 0.1) is 17.7 Å². The Balaban J connectivity index is 1.36. The molecule has 9 nitrogen and oxygen atoms in total. The van der Waals surface area contributed by atoms with Crippen molar-refractivity contribution in [1.82, 2.24) is 25.4 Å². The van der Waals surface area contributed by atoms with Gasteiger partial charge in [0.25, 0.3) is 11.8 Å². The second-order valence-corrected chi connectivity index (χ2v) is 9.22. The second kappa shape index (κ2) is 9.59. The Morgan fingerprint density at radius 2 is 1.94 bits per heavy atom.